The van der Waals surface area contributed by atoms with Gasteiger partial charge in [-0.05, 0) is 42.2 Å². The lowest BCUT2D eigenvalue weighted by molar-refractivity contribution is -0.134. The van der Waals surface area contributed by atoms with Gasteiger partial charge in [-0.25, -0.2) is 0 Å². The molecule has 0 aliphatic carbocycles. The fraction of sp³-hybridized carbons (Fsp3) is 0.333. The van der Waals surface area contributed by atoms with Crippen molar-refractivity contribution in [2.45, 2.75) is 39.4 Å². The summed E-state index contributed by atoms with van der Waals surface area (Å²) in [6.07, 6.45) is 0.482. The first-order valence-electron chi connectivity index (χ1n) is 8.95. The molecule has 0 aromatic heterocycles. The minimum Gasteiger partial charge on any atom is -0.370 e. The van der Waals surface area contributed by atoms with Crippen LogP contribution < -0.4 is 5.32 Å². The number of nitrogens with one attached hydrogen (secondary N) is 1. The van der Waals surface area contributed by atoms with E-state index in [0.29, 0.717) is 19.5 Å². The molecule has 0 unspecified atom stereocenters. The Morgan fingerprint density at radius 1 is 1.16 bits per heavy atom. The second kappa shape index (κ2) is 6.36. The summed E-state index contributed by atoms with van der Waals surface area (Å²) in [6, 6.07) is 14.7. The molecule has 1 N–H and O–H groups in total. The summed E-state index contributed by atoms with van der Waals surface area (Å²) in [4.78, 5) is 19.3. The first-order valence-corrected chi connectivity index (χ1v) is 8.95. The second-order valence-electron chi connectivity index (χ2n) is 6.76. The first-order chi connectivity index (χ1) is 12.2. The highest BCUT2D eigenvalue weighted by Crippen LogP contribution is 2.31. The Morgan fingerprint density at radius 3 is 2.72 bits per heavy atom. The van der Waals surface area contributed by atoms with Gasteiger partial charge < -0.3 is 10.2 Å². The predicted molar refractivity (Wildman–Crippen MR) is 99.5 cm³/mol. The Balaban J connectivity index is 1.64. The van der Waals surface area contributed by atoms with E-state index in [0.717, 1.165) is 17.9 Å². The summed E-state index contributed by atoms with van der Waals surface area (Å²) in [7, 11) is 0. The Labute approximate surface area is 148 Å². The van der Waals surface area contributed by atoms with Gasteiger partial charge in [-0.2, -0.15) is 0 Å². The molecule has 0 bridgehead atoms. The predicted octanol–water partition coefficient (Wildman–Crippen LogP) is 3.20. The quantitative estimate of drug-likeness (QED) is 0.937. The van der Waals surface area contributed by atoms with Gasteiger partial charge in [0.2, 0.25) is 5.91 Å². The number of carbonyl (C=O) groups excluding carboxylic acids is 1. The number of amidine groups is 1. The van der Waals surface area contributed by atoms with Gasteiger partial charge in [0.1, 0.15) is 5.84 Å². The summed E-state index contributed by atoms with van der Waals surface area (Å²) < 4.78 is 0. The number of aliphatic imine (C=N–C) groups is 1. The molecule has 0 saturated carbocycles. The Kier molecular flexibility index (Phi) is 4.04. The van der Waals surface area contributed by atoms with E-state index in [-0.39, 0.29) is 11.9 Å². The fourth-order valence-corrected chi connectivity index (χ4v) is 3.77. The molecule has 25 heavy (non-hydrogen) atoms. The van der Waals surface area contributed by atoms with E-state index in [9.17, 15) is 4.79 Å². The summed E-state index contributed by atoms with van der Waals surface area (Å²) in [5.41, 5.74) is 6.01. The molecule has 0 saturated heterocycles. The molecular formula is C21H23N3O. The summed E-state index contributed by atoms with van der Waals surface area (Å²) in [6.45, 7) is 6.43. The van der Waals surface area contributed by atoms with Crippen molar-refractivity contribution < 1.29 is 4.79 Å². The number of fused-ring (bicyclic) bond motifs is 2. The molecule has 0 spiro atoms. The number of amides is 1. The van der Waals surface area contributed by atoms with Crippen LogP contribution in [0.15, 0.2) is 47.5 Å². The van der Waals surface area contributed by atoms with Crippen LogP contribution >= 0.6 is 0 Å². The van der Waals surface area contributed by atoms with Crippen LogP contribution in [0.4, 0.5) is 0 Å². The molecular weight excluding hydrogens is 310 g/mol. The number of benzene rings is 2. The molecule has 4 nitrogen and oxygen atoms in total. The smallest absolute Gasteiger partial charge is 0.227 e. The SMILES string of the molecule is CCNC1=NCc2cc3c(cc21)CN([C@H](C)c1ccccc1)C(=O)C3. The minimum atomic E-state index is 0.0806. The van der Waals surface area contributed by atoms with E-state index in [1.807, 2.05) is 23.1 Å². The topological polar surface area (TPSA) is 44.7 Å². The van der Waals surface area contributed by atoms with Crippen molar-refractivity contribution in [1.82, 2.24) is 10.2 Å². The van der Waals surface area contributed by atoms with Gasteiger partial charge in [0.05, 0.1) is 19.0 Å². The third-order valence-corrected chi connectivity index (χ3v) is 5.18. The fourth-order valence-electron chi connectivity index (χ4n) is 3.77. The molecule has 2 heterocycles. The Bertz CT molecular complexity index is 842. The molecule has 2 aromatic carbocycles. The van der Waals surface area contributed by atoms with Crippen LogP contribution in [-0.2, 0) is 24.3 Å². The summed E-state index contributed by atoms with van der Waals surface area (Å²) >= 11 is 0. The van der Waals surface area contributed by atoms with Crippen LogP contribution in [0.1, 0.15) is 47.7 Å². The van der Waals surface area contributed by atoms with Crippen LogP contribution in [0.5, 0.6) is 0 Å². The van der Waals surface area contributed by atoms with Gasteiger partial charge in [-0.3, -0.25) is 9.79 Å². The van der Waals surface area contributed by atoms with E-state index < -0.39 is 0 Å². The number of hydrogen-bond donors (Lipinski definition) is 1. The normalized spacial score (nSPS) is 17.0. The van der Waals surface area contributed by atoms with Gasteiger partial charge in [-0.15, -0.1) is 0 Å². The van der Waals surface area contributed by atoms with Gasteiger partial charge in [0.15, 0.2) is 0 Å². The van der Waals surface area contributed by atoms with Gasteiger partial charge in [0.25, 0.3) is 0 Å². The van der Waals surface area contributed by atoms with Crippen molar-refractivity contribution in [2.24, 2.45) is 4.99 Å². The van der Waals surface area contributed by atoms with E-state index in [2.05, 4.69) is 48.4 Å². The van der Waals surface area contributed by atoms with Crippen molar-refractivity contribution in [3.63, 3.8) is 0 Å². The lowest BCUT2D eigenvalue weighted by Gasteiger charge is -2.34. The zero-order valence-corrected chi connectivity index (χ0v) is 14.7. The monoisotopic (exact) mass is 333 g/mol. The van der Waals surface area contributed by atoms with Crippen LogP contribution in [0.2, 0.25) is 0 Å². The van der Waals surface area contributed by atoms with Crippen molar-refractivity contribution in [1.29, 1.82) is 0 Å². The highest BCUT2D eigenvalue weighted by molar-refractivity contribution is 6.02. The van der Waals surface area contributed by atoms with Crippen LogP contribution in [0, 0.1) is 0 Å². The second-order valence-corrected chi connectivity index (χ2v) is 6.76. The lowest BCUT2D eigenvalue weighted by atomic mass is 9.92. The van der Waals surface area contributed by atoms with E-state index in [1.54, 1.807) is 0 Å². The van der Waals surface area contributed by atoms with Crippen molar-refractivity contribution >= 4 is 11.7 Å². The maximum Gasteiger partial charge on any atom is 0.227 e. The molecule has 4 heteroatoms. The third-order valence-electron chi connectivity index (χ3n) is 5.18. The minimum absolute atomic E-state index is 0.0806. The molecule has 2 aliphatic rings. The molecule has 1 amide bonds. The largest absolute Gasteiger partial charge is 0.370 e. The molecule has 0 fully saturated rings. The zero-order chi connectivity index (χ0) is 17.4. The summed E-state index contributed by atoms with van der Waals surface area (Å²) in [5, 5.41) is 3.35. The summed E-state index contributed by atoms with van der Waals surface area (Å²) in [5.74, 6) is 1.19. The average molecular weight is 333 g/mol. The molecule has 0 radical (unpaired) electrons. The van der Waals surface area contributed by atoms with Crippen LogP contribution in [-0.4, -0.2) is 23.2 Å². The first kappa shape index (κ1) is 15.9. The number of nitrogens with zero attached hydrogens (tertiary/aromatic N) is 2. The van der Waals surface area contributed by atoms with Crippen molar-refractivity contribution in [3.05, 3.63) is 70.3 Å². The van der Waals surface area contributed by atoms with E-state index >= 15 is 0 Å². The lowest BCUT2D eigenvalue weighted by Crippen LogP contribution is -2.38. The Hall–Kier alpha value is -2.62. The molecule has 2 aromatic rings. The van der Waals surface area contributed by atoms with Crippen LogP contribution in [0.3, 0.4) is 0 Å². The molecule has 1 atom stereocenters. The molecule has 128 valence electrons. The third kappa shape index (κ3) is 2.82. The molecule has 4 rings (SSSR count). The number of hydrogen-bond acceptors (Lipinski definition) is 3. The van der Waals surface area contributed by atoms with Gasteiger partial charge in [-0.1, -0.05) is 36.4 Å². The van der Waals surface area contributed by atoms with Crippen molar-refractivity contribution in [2.75, 3.05) is 6.54 Å². The van der Waals surface area contributed by atoms with E-state index in [1.165, 1.54) is 22.3 Å². The van der Waals surface area contributed by atoms with E-state index in [4.69, 9.17) is 0 Å². The Morgan fingerprint density at radius 2 is 1.96 bits per heavy atom. The van der Waals surface area contributed by atoms with Gasteiger partial charge in [0, 0.05) is 18.7 Å². The maximum atomic E-state index is 12.7. The highest BCUT2D eigenvalue weighted by Gasteiger charge is 2.29. The molecule has 2 aliphatic heterocycles. The maximum absolute atomic E-state index is 12.7. The standard InChI is InChI=1S/C21H23N3O/c1-3-22-21-19-10-18-13-24(14(2)15-7-5-4-6-8-15)20(25)11-16(18)9-17(19)12-23-21/h4-10,14H,3,11-13H2,1-2H3,(H,22,23)/t14-/m1/s1. The van der Waals surface area contributed by atoms with Crippen LogP contribution in [0.25, 0.3) is 0 Å². The zero-order valence-electron chi connectivity index (χ0n) is 14.7. The van der Waals surface area contributed by atoms with Gasteiger partial charge >= 0.3 is 0 Å². The number of carbonyl (C=O) groups is 1. The highest BCUT2D eigenvalue weighted by atomic mass is 16.2. The van der Waals surface area contributed by atoms with Crippen molar-refractivity contribution in [3.8, 4) is 0 Å². The number of rotatable bonds is 3. The average Bonchev–Trinajstić information content (AvgIpc) is 3.02.